The standard InChI is InChI=1S/C58H37N3/c1-3-14-40(15-4-1)41-26-33-46(34-27-41)59(54-24-13-25-55-58(54)51-21-10-12-23-53(51)60(55)45-17-5-2-6-18-45)47-35-28-42(29-36-47)43-30-37-48(38-31-43)61-52-22-11-9-20-50(52)57-49-19-8-7-16-44(49)32-39-56(57)61/h1-10,12-21,23-39H. The van der Waals surface area contributed by atoms with E-state index in [9.17, 15) is 0 Å². The summed E-state index contributed by atoms with van der Waals surface area (Å²) in [4.78, 5) is 2.41. The summed E-state index contributed by atoms with van der Waals surface area (Å²) in [5.41, 5.74) is 14.8. The summed E-state index contributed by atoms with van der Waals surface area (Å²) in [5.74, 6) is 0. The number of nitrogens with zero attached hydrogens (tertiary/aromatic N) is 3. The quantitative estimate of drug-likeness (QED) is 0.157. The molecule has 0 aliphatic rings. The van der Waals surface area contributed by atoms with Gasteiger partial charge < -0.3 is 14.0 Å². The molecule has 12 rings (SSSR count). The Hall–Kier alpha value is -8.32. The highest BCUT2D eigenvalue weighted by molar-refractivity contribution is 6.21. The van der Waals surface area contributed by atoms with Gasteiger partial charge in [-0.05, 0) is 124 Å². The Labute approximate surface area is 354 Å². The number of hydrogen-bond donors (Lipinski definition) is 0. The van der Waals surface area contributed by atoms with Gasteiger partial charge in [0.05, 0.1) is 22.2 Å². The number of benzene rings is 9. The van der Waals surface area contributed by atoms with Crippen molar-refractivity contribution >= 4 is 71.4 Å². The van der Waals surface area contributed by atoms with Crippen molar-refractivity contribution in [2.75, 3.05) is 4.90 Å². The molecular formula is C58H37N3. The maximum atomic E-state index is 3.44. The lowest BCUT2D eigenvalue weighted by molar-refractivity contribution is 1.18. The van der Waals surface area contributed by atoms with Crippen LogP contribution in [0.4, 0.5) is 17.1 Å². The Bertz CT molecular complexity index is 3540. The van der Waals surface area contributed by atoms with Gasteiger partial charge in [-0.25, -0.2) is 0 Å². The van der Waals surface area contributed by atoms with Crippen molar-refractivity contribution < 1.29 is 0 Å². The van der Waals surface area contributed by atoms with Crippen LogP contribution >= 0.6 is 0 Å². The fourth-order valence-electron chi connectivity index (χ4n) is 9.39. The highest BCUT2D eigenvalue weighted by atomic mass is 15.1. The lowest BCUT2D eigenvalue weighted by atomic mass is 10.0. The van der Waals surface area contributed by atoms with Crippen LogP contribution in [-0.2, 0) is 0 Å². The Morgan fingerprint density at radius 3 is 1.62 bits per heavy atom. The Kier molecular flexibility index (Phi) is 8.08. The third kappa shape index (κ3) is 5.69. The fourth-order valence-corrected chi connectivity index (χ4v) is 9.39. The molecule has 0 bridgehead atoms. The van der Waals surface area contributed by atoms with Crippen molar-refractivity contribution in [3.63, 3.8) is 0 Å². The predicted octanol–water partition coefficient (Wildman–Crippen LogP) is 15.4. The van der Waals surface area contributed by atoms with Crippen LogP contribution in [0, 0.1) is 12.1 Å². The first-order valence-electron chi connectivity index (χ1n) is 20.8. The first-order chi connectivity index (χ1) is 30.3. The van der Waals surface area contributed by atoms with Gasteiger partial charge in [-0.2, -0.15) is 0 Å². The fraction of sp³-hybridized carbons (Fsp3) is 0. The van der Waals surface area contributed by atoms with Gasteiger partial charge in [0.2, 0.25) is 0 Å². The monoisotopic (exact) mass is 775 g/mol. The first kappa shape index (κ1) is 34.7. The van der Waals surface area contributed by atoms with E-state index >= 15 is 0 Å². The molecule has 0 fully saturated rings. The molecule has 0 spiro atoms. The van der Waals surface area contributed by atoms with E-state index in [0.717, 1.165) is 45.1 Å². The molecule has 0 aliphatic carbocycles. The zero-order valence-corrected chi connectivity index (χ0v) is 33.2. The molecule has 0 atom stereocenters. The molecule has 0 saturated carbocycles. The molecule has 3 nitrogen and oxygen atoms in total. The van der Waals surface area contributed by atoms with E-state index in [2.05, 4.69) is 245 Å². The van der Waals surface area contributed by atoms with Crippen LogP contribution in [0.25, 0.3) is 88.0 Å². The van der Waals surface area contributed by atoms with E-state index in [1.165, 1.54) is 60.0 Å². The van der Waals surface area contributed by atoms with E-state index in [1.54, 1.807) is 0 Å². The first-order valence-corrected chi connectivity index (χ1v) is 20.8. The number of aromatic nitrogens is 2. The minimum absolute atomic E-state index is 1.03. The largest absolute Gasteiger partial charge is 0.310 e. The van der Waals surface area contributed by atoms with Gasteiger partial charge in [-0.3, -0.25) is 0 Å². The summed E-state index contributed by atoms with van der Waals surface area (Å²) in [5, 5.41) is 7.34. The van der Waals surface area contributed by atoms with E-state index < -0.39 is 0 Å². The van der Waals surface area contributed by atoms with E-state index in [-0.39, 0.29) is 0 Å². The van der Waals surface area contributed by atoms with Crippen molar-refractivity contribution in [3.8, 4) is 33.6 Å². The average Bonchev–Trinajstić information content (AvgIpc) is 3.87. The van der Waals surface area contributed by atoms with Crippen molar-refractivity contribution in [1.82, 2.24) is 9.13 Å². The lowest BCUT2D eigenvalue weighted by Crippen LogP contribution is -2.10. The summed E-state index contributed by atoms with van der Waals surface area (Å²) in [7, 11) is 0. The molecule has 0 N–H and O–H groups in total. The Balaban J connectivity index is 0.969. The van der Waals surface area contributed by atoms with Crippen molar-refractivity contribution in [3.05, 3.63) is 237 Å². The number of rotatable bonds is 7. The van der Waals surface area contributed by atoms with Crippen molar-refractivity contribution in [2.24, 2.45) is 0 Å². The molecule has 10 aromatic carbocycles. The second-order valence-electron chi connectivity index (χ2n) is 15.6. The highest BCUT2D eigenvalue weighted by Gasteiger charge is 2.21. The molecule has 284 valence electrons. The predicted molar refractivity (Wildman–Crippen MR) is 256 cm³/mol. The average molecular weight is 776 g/mol. The Morgan fingerprint density at radius 2 is 0.902 bits per heavy atom. The summed E-state index contributed by atoms with van der Waals surface area (Å²) >= 11 is 0. The third-order valence-electron chi connectivity index (χ3n) is 12.2. The van der Waals surface area contributed by atoms with Crippen LogP contribution in [0.1, 0.15) is 0 Å². The second kappa shape index (κ2) is 14.2. The molecule has 0 unspecified atom stereocenters. The number of hydrogen-bond acceptors (Lipinski definition) is 1. The van der Waals surface area contributed by atoms with Gasteiger partial charge in [0.25, 0.3) is 0 Å². The lowest BCUT2D eigenvalue weighted by Gasteiger charge is -2.27. The molecule has 0 amide bonds. The molecule has 3 heteroatoms. The van der Waals surface area contributed by atoms with Crippen LogP contribution in [0.3, 0.4) is 0 Å². The van der Waals surface area contributed by atoms with Gasteiger partial charge in [0, 0.05) is 44.3 Å². The van der Waals surface area contributed by atoms with E-state index in [1.807, 2.05) is 6.07 Å². The maximum Gasteiger partial charge on any atom is 0.105 e. The van der Waals surface area contributed by atoms with Crippen LogP contribution < -0.4 is 4.90 Å². The molecule has 0 radical (unpaired) electrons. The molecule has 12 aromatic rings. The van der Waals surface area contributed by atoms with Gasteiger partial charge in [-0.1, -0.05) is 146 Å². The summed E-state index contributed by atoms with van der Waals surface area (Å²) in [6, 6.07) is 87.4. The number of fused-ring (bicyclic) bond motifs is 8. The minimum Gasteiger partial charge on any atom is -0.310 e. The van der Waals surface area contributed by atoms with Gasteiger partial charge >= 0.3 is 0 Å². The topological polar surface area (TPSA) is 13.1 Å². The van der Waals surface area contributed by atoms with Gasteiger partial charge in [-0.15, -0.1) is 0 Å². The molecule has 61 heavy (non-hydrogen) atoms. The molecule has 2 heterocycles. The second-order valence-corrected chi connectivity index (χ2v) is 15.6. The molecule has 0 aliphatic heterocycles. The van der Waals surface area contributed by atoms with Crippen molar-refractivity contribution in [2.45, 2.75) is 0 Å². The normalized spacial score (nSPS) is 11.5. The van der Waals surface area contributed by atoms with Gasteiger partial charge in [0.1, 0.15) is 5.52 Å². The van der Waals surface area contributed by atoms with Crippen LogP contribution in [0.5, 0.6) is 0 Å². The van der Waals surface area contributed by atoms with E-state index in [4.69, 9.17) is 0 Å². The van der Waals surface area contributed by atoms with Crippen LogP contribution in [0.2, 0.25) is 0 Å². The summed E-state index contributed by atoms with van der Waals surface area (Å²) in [6.45, 7) is 0. The summed E-state index contributed by atoms with van der Waals surface area (Å²) < 4.78 is 4.70. The van der Waals surface area contributed by atoms with Crippen LogP contribution in [-0.4, -0.2) is 9.13 Å². The number of anilines is 3. The highest BCUT2D eigenvalue weighted by Crippen LogP contribution is 2.45. The summed E-state index contributed by atoms with van der Waals surface area (Å²) in [6.07, 6.45) is 0. The third-order valence-corrected chi connectivity index (χ3v) is 12.2. The van der Waals surface area contributed by atoms with Gasteiger partial charge in [0.15, 0.2) is 0 Å². The van der Waals surface area contributed by atoms with Crippen molar-refractivity contribution in [1.29, 1.82) is 0 Å². The zero-order valence-electron chi connectivity index (χ0n) is 33.2. The molecule has 0 saturated heterocycles. The number of para-hydroxylation sites is 2. The maximum absolute atomic E-state index is 3.44. The SMILES string of the molecule is c1ccc2c3c4ccccc4ccc3n(-c3ccc(-c4ccc(N(c5ccc(-c6ccccc6)cc5)c5cccc6c5c5ccccc5n6-c5ccccc5)cc4)cc3)c2c#1. The minimum atomic E-state index is 1.03. The zero-order chi connectivity index (χ0) is 40.3. The molecular weight excluding hydrogens is 739 g/mol. The Morgan fingerprint density at radius 1 is 0.344 bits per heavy atom. The van der Waals surface area contributed by atoms with Crippen LogP contribution in [0.15, 0.2) is 224 Å². The molecule has 2 aromatic heterocycles. The van der Waals surface area contributed by atoms with E-state index in [0.29, 0.717) is 0 Å². The smallest absolute Gasteiger partial charge is 0.105 e.